The summed E-state index contributed by atoms with van der Waals surface area (Å²) in [5.41, 5.74) is 0. The average molecular weight is 424 g/mol. The van der Waals surface area contributed by atoms with Crippen molar-refractivity contribution in [2.45, 2.75) is 84.2 Å². The van der Waals surface area contributed by atoms with Crippen LogP contribution in [0.25, 0.3) is 0 Å². The Morgan fingerprint density at radius 1 is 0.964 bits per heavy atom. The third-order valence-electron chi connectivity index (χ3n) is 4.66. The second-order valence-corrected chi connectivity index (χ2v) is 9.37. The number of hydrogen-bond acceptors (Lipinski definition) is 6. The number of rotatable bonds is 18. The molecule has 0 radical (unpaired) electrons. The second kappa shape index (κ2) is 16.1. The Morgan fingerprint density at radius 3 is 1.96 bits per heavy atom. The zero-order chi connectivity index (χ0) is 21.4. The molecule has 8 heteroatoms. The molecule has 0 amide bonds. The molecular weight excluding hydrogens is 382 g/mol. The second-order valence-electron chi connectivity index (χ2n) is 7.87. The van der Waals surface area contributed by atoms with Gasteiger partial charge >= 0.3 is 5.97 Å². The maximum atomic E-state index is 12.0. The minimum absolute atomic E-state index is 0.0514. The Morgan fingerprint density at radius 2 is 1.46 bits per heavy atom. The first-order chi connectivity index (χ1) is 13.2. The maximum Gasteiger partial charge on any atom is 0.309 e. The topological polar surface area (TPSA) is 104 Å². The zero-order valence-electron chi connectivity index (χ0n) is 17.9. The number of likely N-dealkylation sites (N-methyl/N-ethyl adjacent to an activating group) is 1. The van der Waals surface area contributed by atoms with E-state index in [0.29, 0.717) is 13.2 Å². The summed E-state index contributed by atoms with van der Waals surface area (Å²) in [4.78, 5) is 13.7. The van der Waals surface area contributed by atoms with Crippen molar-refractivity contribution in [3.8, 4) is 0 Å². The summed E-state index contributed by atoms with van der Waals surface area (Å²) in [5.74, 6) is -1.37. The Bertz CT molecular complexity index is 497. The average Bonchev–Trinajstić information content (AvgIpc) is 2.57. The van der Waals surface area contributed by atoms with Crippen molar-refractivity contribution >= 4 is 16.1 Å². The van der Waals surface area contributed by atoms with Gasteiger partial charge in [-0.3, -0.25) is 9.35 Å². The number of carbonyl (C=O) groups excluding carboxylic acids is 1. The fourth-order valence-electron chi connectivity index (χ4n) is 3.18. The van der Waals surface area contributed by atoms with E-state index < -0.39 is 22.0 Å². The highest BCUT2D eigenvalue weighted by molar-refractivity contribution is 7.85. The Balaban J connectivity index is 3.70. The van der Waals surface area contributed by atoms with Crippen molar-refractivity contribution in [3.05, 3.63) is 0 Å². The van der Waals surface area contributed by atoms with Crippen LogP contribution < -0.4 is 0 Å². The highest BCUT2D eigenvalue weighted by atomic mass is 32.2. The van der Waals surface area contributed by atoms with E-state index >= 15 is 0 Å². The molecule has 0 aromatic carbocycles. The molecule has 0 saturated heterocycles. The van der Waals surface area contributed by atoms with Gasteiger partial charge in [-0.1, -0.05) is 71.6 Å². The number of aliphatic hydroxyl groups excluding tert-OH is 1. The molecule has 168 valence electrons. The van der Waals surface area contributed by atoms with Gasteiger partial charge in [0.2, 0.25) is 0 Å². The Hall–Kier alpha value is -0.700. The van der Waals surface area contributed by atoms with Crippen molar-refractivity contribution in [3.63, 3.8) is 0 Å². The smallest absolute Gasteiger partial charge is 0.309 e. The minimum atomic E-state index is -4.21. The van der Waals surface area contributed by atoms with Crippen molar-refractivity contribution < 1.29 is 27.6 Å². The SMILES string of the molecule is CCCCCCCCCCCCOC(=O)C(C)CN(C)CC(O)CS(=O)(=O)O. The molecule has 2 unspecified atom stereocenters. The summed E-state index contributed by atoms with van der Waals surface area (Å²) in [6.07, 6.45) is 11.1. The lowest BCUT2D eigenvalue weighted by Crippen LogP contribution is -2.37. The van der Waals surface area contributed by atoms with Gasteiger partial charge in [0.1, 0.15) is 5.75 Å². The molecule has 0 rings (SSSR count). The van der Waals surface area contributed by atoms with Gasteiger partial charge in [-0.2, -0.15) is 8.42 Å². The normalized spacial score (nSPS) is 14.2. The molecule has 0 heterocycles. The lowest BCUT2D eigenvalue weighted by Gasteiger charge is -2.22. The van der Waals surface area contributed by atoms with Crippen molar-refractivity contribution in [1.82, 2.24) is 4.90 Å². The summed E-state index contributed by atoms with van der Waals surface area (Å²) in [5, 5.41) is 9.63. The van der Waals surface area contributed by atoms with Crippen LogP contribution in [0, 0.1) is 5.92 Å². The molecular formula is C20H41NO6S. The number of aliphatic hydroxyl groups is 1. The molecule has 2 N–H and O–H groups in total. The monoisotopic (exact) mass is 423 g/mol. The van der Waals surface area contributed by atoms with Crippen LogP contribution in [0.3, 0.4) is 0 Å². The summed E-state index contributed by atoms with van der Waals surface area (Å²) in [6.45, 7) is 4.79. The predicted octanol–water partition coefficient (Wildman–Crippen LogP) is 3.27. The molecule has 0 aromatic heterocycles. The number of unbranched alkanes of at least 4 members (excludes halogenated alkanes) is 9. The minimum Gasteiger partial charge on any atom is -0.465 e. The Kier molecular flexibility index (Phi) is 15.7. The standard InChI is InChI=1S/C20H41NO6S/c1-4-5-6-7-8-9-10-11-12-13-14-27-20(23)18(2)15-21(3)16-19(22)17-28(24,25)26/h18-19,22H,4-17H2,1-3H3,(H,24,25,26). The number of esters is 1. The fourth-order valence-corrected chi connectivity index (χ4v) is 3.77. The van der Waals surface area contributed by atoms with Crippen LogP contribution in [0.4, 0.5) is 0 Å². The van der Waals surface area contributed by atoms with Gasteiger partial charge in [0, 0.05) is 13.1 Å². The van der Waals surface area contributed by atoms with Crippen molar-refractivity contribution in [2.75, 3.05) is 32.5 Å². The quantitative estimate of drug-likeness (QED) is 0.198. The van der Waals surface area contributed by atoms with Crippen LogP contribution in [-0.4, -0.2) is 67.5 Å². The first-order valence-electron chi connectivity index (χ1n) is 10.6. The third kappa shape index (κ3) is 17.4. The summed E-state index contributed by atoms with van der Waals surface area (Å²) in [6, 6.07) is 0. The van der Waals surface area contributed by atoms with Crippen LogP contribution >= 0.6 is 0 Å². The van der Waals surface area contributed by atoms with Gasteiger partial charge in [0.05, 0.1) is 18.6 Å². The van der Waals surface area contributed by atoms with E-state index in [-0.39, 0.29) is 18.4 Å². The van der Waals surface area contributed by atoms with Gasteiger partial charge in [-0.15, -0.1) is 0 Å². The summed E-state index contributed by atoms with van der Waals surface area (Å²) >= 11 is 0. The Labute approximate surface area is 171 Å². The van der Waals surface area contributed by atoms with E-state index in [1.54, 1.807) is 18.9 Å². The van der Waals surface area contributed by atoms with Gasteiger partial charge in [0.25, 0.3) is 10.1 Å². The van der Waals surface area contributed by atoms with Crippen LogP contribution in [-0.2, 0) is 19.6 Å². The van der Waals surface area contributed by atoms with E-state index in [4.69, 9.17) is 9.29 Å². The van der Waals surface area contributed by atoms with E-state index in [0.717, 1.165) is 12.8 Å². The molecule has 0 fully saturated rings. The number of nitrogens with zero attached hydrogens (tertiary/aromatic N) is 1. The molecule has 0 aliphatic carbocycles. The third-order valence-corrected chi connectivity index (χ3v) is 5.46. The first-order valence-corrected chi connectivity index (χ1v) is 12.2. The van der Waals surface area contributed by atoms with E-state index in [1.807, 2.05) is 0 Å². The van der Waals surface area contributed by atoms with Gasteiger partial charge in [-0.05, 0) is 13.5 Å². The molecule has 0 bridgehead atoms. The summed E-state index contributed by atoms with van der Waals surface area (Å²) in [7, 11) is -2.53. The highest BCUT2D eigenvalue weighted by Gasteiger charge is 2.20. The molecule has 28 heavy (non-hydrogen) atoms. The van der Waals surface area contributed by atoms with Gasteiger partial charge in [-0.25, -0.2) is 0 Å². The van der Waals surface area contributed by atoms with E-state index in [2.05, 4.69) is 6.92 Å². The highest BCUT2D eigenvalue weighted by Crippen LogP contribution is 2.11. The molecule has 0 saturated carbocycles. The largest absolute Gasteiger partial charge is 0.465 e. The zero-order valence-corrected chi connectivity index (χ0v) is 18.8. The van der Waals surface area contributed by atoms with Crippen LogP contribution in [0.15, 0.2) is 0 Å². The first kappa shape index (κ1) is 27.3. The summed E-state index contributed by atoms with van der Waals surface area (Å²) < 4.78 is 35.5. The van der Waals surface area contributed by atoms with E-state index in [1.165, 1.54) is 51.4 Å². The molecule has 0 aliphatic rings. The number of ether oxygens (including phenoxy) is 1. The molecule has 2 atom stereocenters. The van der Waals surface area contributed by atoms with Crippen molar-refractivity contribution in [2.24, 2.45) is 5.92 Å². The molecule has 0 aliphatic heterocycles. The fraction of sp³-hybridized carbons (Fsp3) is 0.950. The van der Waals surface area contributed by atoms with Crippen LogP contribution in [0.2, 0.25) is 0 Å². The lowest BCUT2D eigenvalue weighted by molar-refractivity contribution is -0.148. The molecule has 0 aromatic rings. The number of hydrogen-bond donors (Lipinski definition) is 2. The lowest BCUT2D eigenvalue weighted by atomic mass is 10.1. The number of carbonyl (C=O) groups is 1. The predicted molar refractivity (Wildman–Crippen MR) is 112 cm³/mol. The molecule has 7 nitrogen and oxygen atoms in total. The van der Waals surface area contributed by atoms with Gasteiger partial charge < -0.3 is 14.7 Å². The van der Waals surface area contributed by atoms with Gasteiger partial charge in [0.15, 0.2) is 0 Å². The van der Waals surface area contributed by atoms with Crippen LogP contribution in [0.1, 0.15) is 78.1 Å². The maximum absolute atomic E-state index is 12.0. The van der Waals surface area contributed by atoms with Crippen LogP contribution in [0.5, 0.6) is 0 Å². The molecule has 0 spiro atoms. The van der Waals surface area contributed by atoms with Crippen molar-refractivity contribution in [1.29, 1.82) is 0 Å². The van der Waals surface area contributed by atoms with E-state index in [9.17, 15) is 18.3 Å².